The van der Waals surface area contributed by atoms with Gasteiger partial charge in [0.1, 0.15) is 0 Å². The predicted molar refractivity (Wildman–Crippen MR) is 78.5 cm³/mol. The predicted octanol–water partition coefficient (Wildman–Crippen LogP) is 2.78. The van der Waals surface area contributed by atoms with Crippen molar-refractivity contribution in [2.24, 2.45) is 0 Å². The summed E-state index contributed by atoms with van der Waals surface area (Å²) >= 11 is 0. The molecule has 108 valence electrons. The lowest BCUT2D eigenvalue weighted by Crippen LogP contribution is -2.09. The number of methoxy groups -OCH3 is 1. The van der Waals surface area contributed by atoms with Crippen LogP contribution in [-0.4, -0.2) is 24.2 Å². The molecule has 21 heavy (non-hydrogen) atoms. The smallest absolute Gasteiger partial charge is 0.338 e. The number of carbonyl (C=O) groups is 2. The topological polar surface area (TPSA) is 75.6 Å². The van der Waals surface area contributed by atoms with Crippen molar-refractivity contribution in [3.8, 4) is 0 Å². The van der Waals surface area contributed by atoms with Crippen molar-refractivity contribution >= 4 is 17.6 Å². The molecule has 0 amide bonds. The first kappa shape index (κ1) is 14.6. The average Bonchev–Trinajstić information content (AvgIpc) is 2.52. The van der Waals surface area contributed by atoms with Crippen molar-refractivity contribution in [1.29, 1.82) is 0 Å². The molecule has 0 fully saturated rings. The molecule has 2 rings (SSSR count). The van der Waals surface area contributed by atoms with Gasteiger partial charge in [0.05, 0.1) is 18.2 Å². The molecule has 0 aliphatic heterocycles. The maximum atomic E-state index is 11.7. The van der Waals surface area contributed by atoms with E-state index in [0.717, 1.165) is 5.56 Å². The van der Waals surface area contributed by atoms with Crippen LogP contribution in [-0.2, 0) is 11.3 Å². The Morgan fingerprint density at radius 3 is 2.62 bits per heavy atom. The average molecular weight is 285 g/mol. The fraction of sp³-hybridized carbons (Fsp3) is 0.125. The summed E-state index contributed by atoms with van der Waals surface area (Å²) in [6.07, 6.45) is 0. The largest absolute Gasteiger partial charge is 0.478 e. The SMILES string of the molecule is COC(=O)c1ccccc1CNc1cccc(C(=O)O)c1. The van der Waals surface area contributed by atoms with Crippen LogP contribution in [0.4, 0.5) is 5.69 Å². The first-order valence-corrected chi connectivity index (χ1v) is 6.35. The number of ether oxygens (including phenoxy) is 1. The molecule has 0 bridgehead atoms. The Morgan fingerprint density at radius 2 is 1.90 bits per heavy atom. The number of carboxylic acid groups (broad SMARTS) is 1. The highest BCUT2D eigenvalue weighted by atomic mass is 16.5. The summed E-state index contributed by atoms with van der Waals surface area (Å²) in [6, 6.07) is 13.6. The van der Waals surface area contributed by atoms with Crippen molar-refractivity contribution in [1.82, 2.24) is 0 Å². The second-order valence-electron chi connectivity index (χ2n) is 4.39. The number of benzene rings is 2. The van der Waals surface area contributed by atoms with E-state index in [4.69, 9.17) is 9.84 Å². The number of rotatable bonds is 5. The summed E-state index contributed by atoms with van der Waals surface area (Å²) in [5.41, 5.74) is 2.16. The Bertz CT molecular complexity index is 667. The Balaban J connectivity index is 2.15. The van der Waals surface area contributed by atoms with E-state index in [0.29, 0.717) is 17.8 Å². The van der Waals surface area contributed by atoms with Gasteiger partial charge in [-0.3, -0.25) is 0 Å². The zero-order valence-electron chi connectivity index (χ0n) is 11.5. The van der Waals surface area contributed by atoms with Crippen LogP contribution >= 0.6 is 0 Å². The Morgan fingerprint density at radius 1 is 1.14 bits per heavy atom. The van der Waals surface area contributed by atoms with E-state index in [1.807, 2.05) is 12.1 Å². The number of nitrogens with one attached hydrogen (secondary N) is 1. The van der Waals surface area contributed by atoms with E-state index in [-0.39, 0.29) is 5.56 Å². The van der Waals surface area contributed by atoms with Gasteiger partial charge in [0.15, 0.2) is 0 Å². The van der Waals surface area contributed by atoms with Crippen LogP contribution in [0.5, 0.6) is 0 Å². The van der Waals surface area contributed by atoms with Crippen LogP contribution in [0.25, 0.3) is 0 Å². The van der Waals surface area contributed by atoms with Gasteiger partial charge in [0.25, 0.3) is 0 Å². The van der Waals surface area contributed by atoms with E-state index in [1.165, 1.54) is 13.2 Å². The summed E-state index contributed by atoms with van der Waals surface area (Å²) in [6.45, 7) is 0.397. The molecule has 0 spiro atoms. The molecular weight excluding hydrogens is 270 g/mol. The number of esters is 1. The fourth-order valence-electron chi connectivity index (χ4n) is 1.94. The minimum Gasteiger partial charge on any atom is -0.478 e. The third-order valence-corrected chi connectivity index (χ3v) is 3.02. The van der Waals surface area contributed by atoms with Gasteiger partial charge in [-0.2, -0.15) is 0 Å². The Labute approximate surface area is 122 Å². The summed E-state index contributed by atoms with van der Waals surface area (Å²) in [7, 11) is 1.34. The molecule has 0 radical (unpaired) electrons. The highest BCUT2D eigenvalue weighted by Gasteiger charge is 2.10. The minimum atomic E-state index is -0.978. The van der Waals surface area contributed by atoms with Crippen LogP contribution in [0.2, 0.25) is 0 Å². The molecule has 5 heteroatoms. The van der Waals surface area contributed by atoms with Crippen molar-refractivity contribution < 1.29 is 19.4 Å². The van der Waals surface area contributed by atoms with Crippen LogP contribution in [0.1, 0.15) is 26.3 Å². The number of hydrogen-bond acceptors (Lipinski definition) is 4. The molecule has 2 aromatic carbocycles. The summed E-state index contributed by atoms with van der Waals surface area (Å²) < 4.78 is 4.74. The van der Waals surface area contributed by atoms with Crippen molar-refractivity contribution in [3.05, 3.63) is 65.2 Å². The second kappa shape index (κ2) is 6.56. The normalized spacial score (nSPS) is 9.95. The molecular formula is C16H15NO4. The zero-order chi connectivity index (χ0) is 15.2. The molecule has 0 unspecified atom stereocenters. The van der Waals surface area contributed by atoms with Gasteiger partial charge in [0.2, 0.25) is 0 Å². The molecule has 0 saturated heterocycles. The van der Waals surface area contributed by atoms with Gasteiger partial charge in [0, 0.05) is 12.2 Å². The van der Waals surface area contributed by atoms with E-state index >= 15 is 0 Å². The maximum Gasteiger partial charge on any atom is 0.338 e. The second-order valence-corrected chi connectivity index (χ2v) is 4.39. The van der Waals surface area contributed by atoms with Gasteiger partial charge < -0.3 is 15.2 Å². The summed E-state index contributed by atoms with van der Waals surface area (Å²) in [5, 5.41) is 12.1. The molecule has 0 saturated carbocycles. The van der Waals surface area contributed by atoms with E-state index < -0.39 is 11.9 Å². The van der Waals surface area contributed by atoms with E-state index in [2.05, 4.69) is 5.32 Å². The lowest BCUT2D eigenvalue weighted by Gasteiger charge is -2.10. The standard InChI is InChI=1S/C16H15NO4/c1-21-16(20)14-8-3-2-5-12(14)10-17-13-7-4-6-11(9-13)15(18)19/h2-9,17H,10H2,1H3,(H,18,19). The first-order valence-electron chi connectivity index (χ1n) is 6.35. The Hall–Kier alpha value is -2.82. The first-order chi connectivity index (χ1) is 10.1. The molecule has 2 aromatic rings. The maximum absolute atomic E-state index is 11.7. The number of carbonyl (C=O) groups excluding carboxylic acids is 1. The summed E-state index contributed by atoms with van der Waals surface area (Å²) in [4.78, 5) is 22.6. The van der Waals surface area contributed by atoms with Crippen molar-refractivity contribution in [2.45, 2.75) is 6.54 Å². The molecule has 0 aromatic heterocycles. The van der Waals surface area contributed by atoms with E-state index in [1.54, 1.807) is 30.3 Å². The van der Waals surface area contributed by atoms with Gasteiger partial charge >= 0.3 is 11.9 Å². The van der Waals surface area contributed by atoms with Crippen LogP contribution in [0.3, 0.4) is 0 Å². The van der Waals surface area contributed by atoms with Gasteiger partial charge in [-0.25, -0.2) is 9.59 Å². The minimum absolute atomic E-state index is 0.209. The lowest BCUT2D eigenvalue weighted by atomic mass is 10.1. The number of aromatic carboxylic acids is 1. The molecule has 0 aliphatic rings. The quantitative estimate of drug-likeness (QED) is 0.826. The lowest BCUT2D eigenvalue weighted by molar-refractivity contribution is 0.0598. The number of hydrogen-bond donors (Lipinski definition) is 2. The van der Waals surface area contributed by atoms with Crippen LogP contribution < -0.4 is 5.32 Å². The van der Waals surface area contributed by atoms with Crippen molar-refractivity contribution in [3.63, 3.8) is 0 Å². The monoisotopic (exact) mass is 285 g/mol. The van der Waals surface area contributed by atoms with Crippen LogP contribution in [0, 0.1) is 0 Å². The van der Waals surface area contributed by atoms with Gasteiger partial charge in [-0.1, -0.05) is 24.3 Å². The molecule has 5 nitrogen and oxygen atoms in total. The fourth-order valence-corrected chi connectivity index (χ4v) is 1.94. The van der Waals surface area contributed by atoms with Crippen LogP contribution in [0.15, 0.2) is 48.5 Å². The molecule has 0 atom stereocenters. The van der Waals surface area contributed by atoms with Gasteiger partial charge in [-0.15, -0.1) is 0 Å². The molecule has 0 aliphatic carbocycles. The van der Waals surface area contributed by atoms with Gasteiger partial charge in [-0.05, 0) is 29.8 Å². The third kappa shape index (κ3) is 3.60. The highest BCUT2D eigenvalue weighted by molar-refractivity contribution is 5.91. The number of anilines is 1. The molecule has 2 N–H and O–H groups in total. The summed E-state index contributed by atoms with van der Waals surface area (Å²) in [5.74, 6) is -1.37. The van der Waals surface area contributed by atoms with E-state index in [9.17, 15) is 9.59 Å². The zero-order valence-corrected chi connectivity index (χ0v) is 11.5. The van der Waals surface area contributed by atoms with Crippen molar-refractivity contribution in [2.75, 3.05) is 12.4 Å². The molecule has 0 heterocycles. The third-order valence-electron chi connectivity index (χ3n) is 3.02. The number of carboxylic acids is 1. The highest BCUT2D eigenvalue weighted by Crippen LogP contribution is 2.15. The Kier molecular flexibility index (Phi) is 4.56.